The molecule has 2 N–H and O–H groups in total. The maximum Gasteiger partial charge on any atom is 0.191 e. The molecule has 0 amide bonds. The summed E-state index contributed by atoms with van der Waals surface area (Å²) in [6.45, 7) is 5.61. The highest BCUT2D eigenvalue weighted by molar-refractivity contribution is 5.80. The standard InChI is InChI=1S/C18H31N3O2/c1-2-19-17(20-13-5-10-22-11-6-13)21-15-14-7-12-23-16(14)18(15)8-3-4-9-18/h13-16H,2-12H2,1H3,(H2,19,20,21). The Kier molecular flexibility index (Phi) is 4.50. The van der Waals surface area contributed by atoms with E-state index in [0.717, 1.165) is 45.2 Å². The van der Waals surface area contributed by atoms with E-state index in [0.29, 0.717) is 29.5 Å². The molecule has 23 heavy (non-hydrogen) atoms. The number of fused-ring (bicyclic) bond motifs is 2. The Morgan fingerprint density at radius 1 is 1.09 bits per heavy atom. The molecule has 2 heterocycles. The molecule has 3 unspecified atom stereocenters. The maximum atomic E-state index is 6.09. The number of ether oxygens (including phenoxy) is 2. The Hall–Kier alpha value is -0.810. The topological polar surface area (TPSA) is 54.9 Å². The maximum absolute atomic E-state index is 6.09. The zero-order valence-electron chi connectivity index (χ0n) is 14.4. The summed E-state index contributed by atoms with van der Waals surface area (Å²) < 4.78 is 11.6. The van der Waals surface area contributed by atoms with Crippen LogP contribution >= 0.6 is 0 Å². The second-order valence-electron chi connectivity index (χ2n) is 7.66. The number of nitrogens with zero attached hydrogens (tertiary/aromatic N) is 1. The molecule has 0 bridgehead atoms. The van der Waals surface area contributed by atoms with Crippen LogP contribution in [0, 0.1) is 11.3 Å². The highest BCUT2D eigenvalue weighted by Crippen LogP contribution is 2.60. The summed E-state index contributed by atoms with van der Waals surface area (Å²) in [5.74, 6) is 1.70. The lowest BCUT2D eigenvalue weighted by molar-refractivity contribution is -0.125. The molecule has 4 fully saturated rings. The SMILES string of the molecule is CCN=C(NC1CCOCC1)NC1C2CCOC2C12CCCC2. The third kappa shape index (κ3) is 2.76. The van der Waals surface area contributed by atoms with E-state index in [1.54, 1.807) is 0 Å². The van der Waals surface area contributed by atoms with Gasteiger partial charge in [-0.2, -0.15) is 0 Å². The molecule has 0 aromatic carbocycles. The summed E-state index contributed by atoms with van der Waals surface area (Å²) in [7, 11) is 0. The average molecular weight is 321 g/mol. The largest absolute Gasteiger partial charge is 0.381 e. The number of hydrogen-bond acceptors (Lipinski definition) is 3. The first-order valence-corrected chi connectivity index (χ1v) is 9.60. The van der Waals surface area contributed by atoms with Crippen molar-refractivity contribution in [2.75, 3.05) is 26.4 Å². The van der Waals surface area contributed by atoms with Gasteiger partial charge in [-0.3, -0.25) is 4.99 Å². The van der Waals surface area contributed by atoms with Gasteiger partial charge in [0.15, 0.2) is 5.96 Å². The van der Waals surface area contributed by atoms with Crippen molar-refractivity contribution in [1.29, 1.82) is 0 Å². The highest BCUT2D eigenvalue weighted by atomic mass is 16.5. The molecule has 130 valence electrons. The van der Waals surface area contributed by atoms with Gasteiger partial charge in [0.25, 0.3) is 0 Å². The van der Waals surface area contributed by atoms with Crippen LogP contribution in [0.1, 0.15) is 51.9 Å². The van der Waals surface area contributed by atoms with E-state index in [1.165, 1.54) is 32.1 Å². The van der Waals surface area contributed by atoms with Gasteiger partial charge in [-0.05, 0) is 39.0 Å². The molecule has 2 aliphatic carbocycles. The molecular weight excluding hydrogens is 290 g/mol. The Bertz CT molecular complexity index is 442. The van der Waals surface area contributed by atoms with Crippen LogP contribution in [-0.2, 0) is 9.47 Å². The first-order chi connectivity index (χ1) is 11.3. The number of aliphatic imine (C=N–C) groups is 1. The molecule has 5 heteroatoms. The second kappa shape index (κ2) is 6.60. The van der Waals surface area contributed by atoms with Gasteiger partial charge in [-0.1, -0.05) is 12.8 Å². The average Bonchev–Trinajstić information content (AvgIpc) is 3.22. The van der Waals surface area contributed by atoms with E-state index in [2.05, 4.69) is 17.6 Å². The van der Waals surface area contributed by atoms with Gasteiger partial charge in [0.1, 0.15) is 0 Å². The Balaban J connectivity index is 1.44. The van der Waals surface area contributed by atoms with Crippen LogP contribution in [-0.4, -0.2) is 50.5 Å². The van der Waals surface area contributed by atoms with Crippen molar-refractivity contribution in [2.45, 2.75) is 70.1 Å². The quantitative estimate of drug-likeness (QED) is 0.617. The summed E-state index contributed by atoms with van der Waals surface area (Å²) in [5.41, 5.74) is 0.382. The van der Waals surface area contributed by atoms with E-state index < -0.39 is 0 Å². The van der Waals surface area contributed by atoms with Gasteiger partial charge >= 0.3 is 0 Å². The third-order valence-corrected chi connectivity index (χ3v) is 6.46. The van der Waals surface area contributed by atoms with Crippen LogP contribution in [0.25, 0.3) is 0 Å². The molecule has 5 nitrogen and oxygen atoms in total. The van der Waals surface area contributed by atoms with Crippen LogP contribution < -0.4 is 10.6 Å². The monoisotopic (exact) mass is 321 g/mol. The molecule has 3 atom stereocenters. The Morgan fingerprint density at radius 3 is 2.61 bits per heavy atom. The molecule has 2 saturated heterocycles. The van der Waals surface area contributed by atoms with Crippen molar-refractivity contribution in [2.24, 2.45) is 16.3 Å². The smallest absolute Gasteiger partial charge is 0.191 e. The van der Waals surface area contributed by atoms with E-state index >= 15 is 0 Å². The van der Waals surface area contributed by atoms with Crippen LogP contribution in [0.5, 0.6) is 0 Å². The molecule has 0 aromatic rings. The molecule has 4 rings (SSSR count). The molecule has 0 aromatic heterocycles. The van der Waals surface area contributed by atoms with Crippen molar-refractivity contribution in [3.8, 4) is 0 Å². The summed E-state index contributed by atoms with van der Waals surface area (Å²) in [5, 5.41) is 7.48. The minimum absolute atomic E-state index is 0.382. The van der Waals surface area contributed by atoms with Crippen molar-refractivity contribution < 1.29 is 9.47 Å². The van der Waals surface area contributed by atoms with Gasteiger partial charge in [0.05, 0.1) is 6.10 Å². The van der Waals surface area contributed by atoms with Crippen LogP contribution in [0.2, 0.25) is 0 Å². The van der Waals surface area contributed by atoms with Crippen LogP contribution in [0.4, 0.5) is 0 Å². The predicted octanol–water partition coefficient (Wildman–Crippen LogP) is 2.07. The third-order valence-electron chi connectivity index (χ3n) is 6.46. The molecular formula is C18H31N3O2. The van der Waals surface area contributed by atoms with Gasteiger partial charge < -0.3 is 20.1 Å². The minimum Gasteiger partial charge on any atom is -0.381 e. The van der Waals surface area contributed by atoms with Gasteiger partial charge in [-0.15, -0.1) is 0 Å². The van der Waals surface area contributed by atoms with Crippen molar-refractivity contribution in [1.82, 2.24) is 10.6 Å². The predicted molar refractivity (Wildman–Crippen MR) is 90.6 cm³/mol. The Morgan fingerprint density at radius 2 is 1.87 bits per heavy atom. The highest BCUT2D eigenvalue weighted by Gasteiger charge is 2.65. The van der Waals surface area contributed by atoms with E-state index in [9.17, 15) is 0 Å². The van der Waals surface area contributed by atoms with Gasteiger partial charge in [0, 0.05) is 49.8 Å². The molecule has 0 radical (unpaired) electrons. The zero-order chi connectivity index (χ0) is 15.7. The second-order valence-corrected chi connectivity index (χ2v) is 7.66. The number of guanidine groups is 1. The first kappa shape index (κ1) is 15.7. The fraction of sp³-hybridized carbons (Fsp3) is 0.944. The normalized spacial score (nSPS) is 36.7. The molecule has 2 saturated carbocycles. The Labute approximate surface area is 139 Å². The summed E-state index contributed by atoms with van der Waals surface area (Å²) in [4.78, 5) is 4.72. The lowest BCUT2D eigenvalue weighted by Gasteiger charge is -2.57. The lowest BCUT2D eigenvalue weighted by atomic mass is 9.54. The van der Waals surface area contributed by atoms with Crippen molar-refractivity contribution in [3.05, 3.63) is 0 Å². The number of hydrogen-bond donors (Lipinski definition) is 2. The van der Waals surface area contributed by atoms with E-state index in [4.69, 9.17) is 14.5 Å². The van der Waals surface area contributed by atoms with Crippen molar-refractivity contribution >= 4 is 5.96 Å². The number of nitrogens with one attached hydrogen (secondary N) is 2. The van der Waals surface area contributed by atoms with Gasteiger partial charge in [-0.25, -0.2) is 0 Å². The fourth-order valence-electron chi connectivity index (χ4n) is 5.38. The number of rotatable bonds is 3. The minimum atomic E-state index is 0.382. The van der Waals surface area contributed by atoms with Crippen LogP contribution in [0.3, 0.4) is 0 Å². The van der Waals surface area contributed by atoms with Crippen LogP contribution in [0.15, 0.2) is 4.99 Å². The van der Waals surface area contributed by atoms with E-state index in [-0.39, 0.29) is 0 Å². The summed E-state index contributed by atoms with van der Waals surface area (Å²) in [6, 6.07) is 1.05. The van der Waals surface area contributed by atoms with Gasteiger partial charge in [0.2, 0.25) is 0 Å². The molecule has 1 spiro atoms. The lowest BCUT2D eigenvalue weighted by Crippen LogP contribution is -2.69. The summed E-state index contributed by atoms with van der Waals surface area (Å²) in [6.07, 6.45) is 9.24. The first-order valence-electron chi connectivity index (χ1n) is 9.60. The van der Waals surface area contributed by atoms with E-state index in [1.807, 2.05) is 0 Å². The van der Waals surface area contributed by atoms with Crippen molar-refractivity contribution in [3.63, 3.8) is 0 Å². The summed E-state index contributed by atoms with van der Waals surface area (Å²) >= 11 is 0. The fourth-order valence-corrected chi connectivity index (χ4v) is 5.38. The molecule has 4 aliphatic rings. The zero-order valence-corrected chi connectivity index (χ0v) is 14.4. The molecule has 2 aliphatic heterocycles.